The lowest BCUT2D eigenvalue weighted by atomic mass is 10.0. The number of fused-ring (bicyclic) bond motifs is 1. The van der Waals surface area contributed by atoms with Crippen molar-refractivity contribution in [2.75, 3.05) is 19.0 Å². The summed E-state index contributed by atoms with van der Waals surface area (Å²) in [6.07, 6.45) is 0.717. The molecular formula is C24H18F3N3O4. The summed E-state index contributed by atoms with van der Waals surface area (Å²) in [4.78, 5) is 29.6. The van der Waals surface area contributed by atoms with Gasteiger partial charge in [-0.05, 0) is 35.9 Å². The average molecular weight is 469 g/mol. The molecule has 2 aromatic heterocycles. The number of pyridine rings is 2. The molecule has 2 heterocycles. The summed E-state index contributed by atoms with van der Waals surface area (Å²) in [5.74, 6) is -2.62. The fourth-order valence-corrected chi connectivity index (χ4v) is 3.58. The molecule has 7 nitrogen and oxygen atoms in total. The normalized spacial score (nSPS) is 11.0. The van der Waals surface area contributed by atoms with Crippen LogP contribution in [0, 0.1) is 17.5 Å². The largest absolute Gasteiger partial charge is 0.511 e. The van der Waals surface area contributed by atoms with Crippen LogP contribution in [0.25, 0.3) is 22.0 Å². The Kier molecular flexibility index (Phi) is 5.97. The second kappa shape index (κ2) is 8.89. The predicted molar refractivity (Wildman–Crippen MR) is 120 cm³/mol. The van der Waals surface area contributed by atoms with Crippen molar-refractivity contribution in [1.82, 2.24) is 9.55 Å². The smallest absolute Gasteiger partial charge is 0.449 e. The first-order valence-electron chi connectivity index (χ1n) is 10.00. The Morgan fingerprint density at radius 2 is 1.74 bits per heavy atom. The molecule has 10 heteroatoms. The van der Waals surface area contributed by atoms with Gasteiger partial charge in [-0.2, -0.15) is 0 Å². The monoisotopic (exact) mass is 469 g/mol. The molecule has 0 aliphatic heterocycles. The van der Waals surface area contributed by atoms with E-state index in [1.54, 1.807) is 24.4 Å². The Bertz CT molecular complexity index is 1470. The van der Waals surface area contributed by atoms with Crippen LogP contribution in [0.4, 0.5) is 23.8 Å². The highest BCUT2D eigenvalue weighted by molar-refractivity contribution is 5.82. The molecule has 0 radical (unpaired) electrons. The molecular weight excluding hydrogens is 451 g/mol. The first-order valence-corrected chi connectivity index (χ1v) is 10.00. The topological polar surface area (TPSA) is 84.7 Å². The fraction of sp³-hybridized carbons (Fsp3) is 0.125. The quantitative estimate of drug-likeness (QED) is 0.429. The molecule has 2 aromatic carbocycles. The number of hydrogen-bond acceptors (Lipinski definition) is 5. The van der Waals surface area contributed by atoms with E-state index < -0.39 is 45.7 Å². The van der Waals surface area contributed by atoms with Gasteiger partial charge in [-0.1, -0.05) is 12.1 Å². The van der Waals surface area contributed by atoms with Gasteiger partial charge < -0.3 is 19.3 Å². The van der Waals surface area contributed by atoms with Crippen LogP contribution in [0.15, 0.2) is 59.7 Å². The van der Waals surface area contributed by atoms with Crippen molar-refractivity contribution in [3.05, 3.63) is 88.1 Å². The average Bonchev–Trinajstić information content (AvgIpc) is 2.79. The van der Waals surface area contributed by atoms with E-state index in [1.165, 1.54) is 12.1 Å². The Labute approximate surface area is 191 Å². The van der Waals surface area contributed by atoms with E-state index in [0.29, 0.717) is 11.1 Å². The summed E-state index contributed by atoms with van der Waals surface area (Å²) in [7, 11) is 3.69. The zero-order valence-electron chi connectivity index (χ0n) is 18.1. The van der Waals surface area contributed by atoms with Gasteiger partial charge in [0.25, 0.3) is 0 Å². The molecule has 4 aromatic rings. The highest BCUT2D eigenvalue weighted by Crippen LogP contribution is 2.26. The van der Waals surface area contributed by atoms with Crippen LogP contribution in [-0.4, -0.2) is 34.9 Å². The number of rotatable bonds is 5. The minimum Gasteiger partial charge on any atom is -0.449 e. The molecule has 0 amide bonds. The maximum Gasteiger partial charge on any atom is 0.511 e. The molecule has 0 unspecified atom stereocenters. The third-order valence-corrected chi connectivity index (χ3v) is 5.22. The molecule has 0 bridgehead atoms. The highest BCUT2D eigenvalue weighted by atomic mass is 19.1. The van der Waals surface area contributed by atoms with Crippen LogP contribution in [0.2, 0.25) is 0 Å². The van der Waals surface area contributed by atoms with Crippen molar-refractivity contribution < 1.29 is 27.8 Å². The number of halogens is 3. The van der Waals surface area contributed by atoms with Gasteiger partial charge in [0.1, 0.15) is 23.3 Å². The Hall–Kier alpha value is -4.34. The molecule has 0 saturated carbocycles. The Morgan fingerprint density at radius 3 is 2.35 bits per heavy atom. The van der Waals surface area contributed by atoms with Gasteiger partial charge in [-0.3, -0.25) is 4.79 Å². The number of carboxylic acid groups (broad SMARTS) is 1. The van der Waals surface area contributed by atoms with E-state index in [2.05, 4.69) is 9.72 Å². The predicted octanol–water partition coefficient (Wildman–Crippen LogP) is 4.65. The van der Waals surface area contributed by atoms with E-state index in [9.17, 15) is 18.4 Å². The van der Waals surface area contributed by atoms with Crippen molar-refractivity contribution in [2.24, 2.45) is 0 Å². The molecule has 0 atom stereocenters. The molecule has 0 spiro atoms. The minimum atomic E-state index is -1.80. The summed E-state index contributed by atoms with van der Waals surface area (Å²) < 4.78 is 49.5. The van der Waals surface area contributed by atoms with Crippen molar-refractivity contribution >= 4 is 22.9 Å². The highest BCUT2D eigenvalue weighted by Gasteiger charge is 2.20. The van der Waals surface area contributed by atoms with Crippen LogP contribution < -0.4 is 15.1 Å². The van der Waals surface area contributed by atoms with Crippen molar-refractivity contribution in [3.63, 3.8) is 0 Å². The molecule has 34 heavy (non-hydrogen) atoms. The van der Waals surface area contributed by atoms with E-state index in [-0.39, 0.29) is 12.1 Å². The number of hydrogen-bond donors (Lipinski definition) is 1. The third kappa shape index (κ3) is 4.29. The molecule has 1 N–H and O–H groups in total. The lowest BCUT2D eigenvalue weighted by Crippen LogP contribution is -2.18. The molecule has 0 fully saturated rings. The van der Waals surface area contributed by atoms with Crippen LogP contribution in [-0.2, 0) is 6.54 Å². The standard InChI is InChI=1S/C24H18F3N3O4/c1-29(2)20-8-5-14(10-28-20)13-3-4-15(18(27)9-13)11-30-12-19(34-24(32)33)23(31)21-16(25)6-7-17(26)22(21)30/h3-10,12H,11H2,1-2H3,(H,32,33). The van der Waals surface area contributed by atoms with Gasteiger partial charge in [-0.15, -0.1) is 0 Å². The van der Waals surface area contributed by atoms with Crippen molar-refractivity contribution in [3.8, 4) is 16.9 Å². The van der Waals surface area contributed by atoms with Crippen molar-refractivity contribution in [1.29, 1.82) is 0 Å². The lowest BCUT2D eigenvalue weighted by Gasteiger charge is -2.15. The van der Waals surface area contributed by atoms with Gasteiger partial charge in [0, 0.05) is 31.4 Å². The fourth-order valence-electron chi connectivity index (χ4n) is 3.58. The number of benzene rings is 2. The third-order valence-electron chi connectivity index (χ3n) is 5.22. The maximum atomic E-state index is 15.0. The number of aromatic nitrogens is 2. The summed E-state index contributed by atoms with van der Waals surface area (Å²) in [6, 6.07) is 9.53. The summed E-state index contributed by atoms with van der Waals surface area (Å²) >= 11 is 0. The molecule has 0 aliphatic carbocycles. The number of carbonyl (C=O) groups is 1. The van der Waals surface area contributed by atoms with Gasteiger partial charge in [-0.25, -0.2) is 22.9 Å². The number of nitrogens with zero attached hydrogens (tertiary/aromatic N) is 3. The lowest BCUT2D eigenvalue weighted by molar-refractivity contribution is 0.143. The molecule has 0 aliphatic rings. The zero-order chi connectivity index (χ0) is 24.6. The molecule has 4 rings (SSSR count). The number of ether oxygens (including phenoxy) is 1. The minimum absolute atomic E-state index is 0.0940. The van der Waals surface area contributed by atoms with Crippen LogP contribution in [0.5, 0.6) is 5.75 Å². The maximum absolute atomic E-state index is 15.0. The van der Waals surface area contributed by atoms with Gasteiger partial charge in [0.15, 0.2) is 5.75 Å². The van der Waals surface area contributed by atoms with E-state index >= 15 is 4.39 Å². The van der Waals surface area contributed by atoms with E-state index in [1.807, 2.05) is 19.0 Å². The second-order valence-electron chi connectivity index (χ2n) is 7.68. The summed E-state index contributed by atoms with van der Waals surface area (Å²) in [5.41, 5.74) is -0.243. The SMILES string of the molecule is CN(C)c1ccc(-c2ccc(Cn3cc(OC(=O)O)c(=O)c4c(F)ccc(F)c43)c(F)c2)cn1. The van der Waals surface area contributed by atoms with Crippen LogP contribution in [0.3, 0.4) is 0 Å². The first-order chi connectivity index (χ1) is 16.2. The summed E-state index contributed by atoms with van der Waals surface area (Å²) in [6.45, 7) is -0.322. The first kappa shape index (κ1) is 22.8. The van der Waals surface area contributed by atoms with E-state index in [0.717, 1.165) is 28.7 Å². The zero-order valence-corrected chi connectivity index (χ0v) is 18.1. The van der Waals surface area contributed by atoms with Gasteiger partial charge >= 0.3 is 6.16 Å². The van der Waals surface area contributed by atoms with Crippen molar-refractivity contribution in [2.45, 2.75) is 6.54 Å². The summed E-state index contributed by atoms with van der Waals surface area (Å²) in [5, 5.41) is 8.20. The molecule has 174 valence electrons. The van der Waals surface area contributed by atoms with E-state index in [4.69, 9.17) is 5.11 Å². The van der Waals surface area contributed by atoms with Gasteiger partial charge in [0.05, 0.1) is 23.6 Å². The van der Waals surface area contributed by atoms with Gasteiger partial charge in [0.2, 0.25) is 5.43 Å². The number of anilines is 1. The Balaban J connectivity index is 1.78. The molecule has 0 saturated heterocycles. The Morgan fingerprint density at radius 1 is 1.03 bits per heavy atom. The second-order valence-corrected chi connectivity index (χ2v) is 7.68. The van der Waals surface area contributed by atoms with Crippen LogP contribution in [0.1, 0.15) is 5.56 Å². The van der Waals surface area contributed by atoms with Crippen LogP contribution >= 0.6 is 0 Å².